The fourth-order valence-corrected chi connectivity index (χ4v) is 6.91. The van der Waals surface area contributed by atoms with Crippen LogP contribution in [0, 0.1) is 17.3 Å². The fourth-order valence-electron chi connectivity index (χ4n) is 6.91. The lowest BCUT2D eigenvalue weighted by molar-refractivity contribution is -0.161. The summed E-state index contributed by atoms with van der Waals surface area (Å²) in [6.45, 7) is 13.1. The topological polar surface area (TPSA) is 96.4 Å². The highest BCUT2D eigenvalue weighted by atomic mass is 16.6. The smallest absolute Gasteiger partial charge is 0.313 e. The molecule has 4 rings (SSSR count). The number of nitrogens with zero attached hydrogens (tertiary/aromatic N) is 2. The normalized spacial score (nSPS) is 35.3. The Kier molecular flexibility index (Phi) is 6.46. The molecule has 0 aromatic rings. The number of hydrogen-bond acceptors (Lipinski definition) is 6. The van der Waals surface area contributed by atoms with Gasteiger partial charge in [0.2, 0.25) is 11.8 Å². The first-order valence-electron chi connectivity index (χ1n) is 12.7. The second kappa shape index (κ2) is 8.73. The third-order valence-corrected chi connectivity index (χ3v) is 7.77. The first-order valence-corrected chi connectivity index (χ1v) is 12.7. The SMILES string of the molecule is CC(C)(C)CC(C)(C)N1CC=C[C@]23O[C@]4(C)C=CCCOC(=O)[C@@H]4[C@H]2C(=O)N(CCCO)C3C1=O. The summed E-state index contributed by atoms with van der Waals surface area (Å²) in [6, 6.07) is -0.921. The van der Waals surface area contributed by atoms with Crippen molar-refractivity contribution in [2.45, 2.75) is 83.6 Å². The third kappa shape index (κ3) is 4.22. The number of fused-ring (bicyclic) bond motifs is 2. The summed E-state index contributed by atoms with van der Waals surface area (Å²) in [4.78, 5) is 44.9. The Bertz CT molecular complexity index is 950. The maximum atomic E-state index is 14.4. The van der Waals surface area contributed by atoms with Crippen LogP contribution in [-0.4, -0.2) is 81.8 Å². The molecule has 1 unspecified atom stereocenters. The van der Waals surface area contributed by atoms with E-state index in [0.717, 1.165) is 6.42 Å². The molecule has 0 saturated carbocycles. The van der Waals surface area contributed by atoms with Crippen molar-refractivity contribution < 1.29 is 29.0 Å². The molecule has 0 radical (unpaired) electrons. The number of cyclic esters (lactones) is 1. The predicted octanol–water partition coefficient (Wildman–Crippen LogP) is 2.46. The standard InChI is InChI=1S/C27H40N2O6/c1-24(2,3)17-25(4,5)29-14-9-12-27-18(21(31)28(13-10-15-30)20(27)22(29)32)19-23(33)34-16-8-7-11-26(19,6)35-27/h7,9,11-12,18-20,30H,8,10,13-17H2,1-6H3/t18-,19-,20?,26+,27-/m0/s1. The van der Waals surface area contributed by atoms with Crippen molar-refractivity contribution in [1.82, 2.24) is 9.80 Å². The molecule has 2 fully saturated rings. The van der Waals surface area contributed by atoms with Crippen LogP contribution in [0.15, 0.2) is 24.3 Å². The van der Waals surface area contributed by atoms with E-state index in [9.17, 15) is 19.5 Å². The number of amides is 2. The lowest BCUT2D eigenvalue weighted by atomic mass is 9.74. The molecule has 1 spiro atoms. The highest BCUT2D eigenvalue weighted by Crippen LogP contribution is 2.57. The van der Waals surface area contributed by atoms with Crippen LogP contribution in [0.2, 0.25) is 0 Å². The largest absolute Gasteiger partial charge is 0.465 e. The van der Waals surface area contributed by atoms with Crippen LogP contribution in [0.4, 0.5) is 0 Å². The van der Waals surface area contributed by atoms with Gasteiger partial charge in [0, 0.05) is 25.2 Å². The van der Waals surface area contributed by atoms with Gasteiger partial charge in [-0.15, -0.1) is 0 Å². The zero-order valence-electron chi connectivity index (χ0n) is 21.9. The van der Waals surface area contributed by atoms with Crippen LogP contribution in [0.3, 0.4) is 0 Å². The number of carbonyl (C=O) groups is 3. The summed E-state index contributed by atoms with van der Waals surface area (Å²) in [7, 11) is 0. The number of ether oxygens (including phenoxy) is 2. The Hall–Kier alpha value is -2.19. The molecule has 2 saturated heterocycles. The van der Waals surface area contributed by atoms with Crippen LogP contribution in [-0.2, 0) is 23.9 Å². The lowest BCUT2D eigenvalue weighted by Crippen LogP contribution is -2.60. The number of aliphatic hydroxyl groups is 1. The van der Waals surface area contributed by atoms with Gasteiger partial charge >= 0.3 is 5.97 Å². The molecule has 5 atom stereocenters. The molecular formula is C27H40N2O6. The van der Waals surface area contributed by atoms with E-state index in [-0.39, 0.29) is 37.0 Å². The molecule has 35 heavy (non-hydrogen) atoms. The van der Waals surface area contributed by atoms with Gasteiger partial charge in [-0.1, -0.05) is 45.1 Å². The van der Waals surface area contributed by atoms with Crippen LogP contribution in [0.25, 0.3) is 0 Å². The van der Waals surface area contributed by atoms with Crippen molar-refractivity contribution >= 4 is 17.8 Å². The van der Waals surface area contributed by atoms with Gasteiger partial charge in [0.15, 0.2) is 0 Å². The van der Waals surface area contributed by atoms with Crippen molar-refractivity contribution in [2.75, 3.05) is 26.3 Å². The Balaban J connectivity index is 1.83. The highest BCUT2D eigenvalue weighted by Gasteiger charge is 2.74. The van der Waals surface area contributed by atoms with Crippen molar-refractivity contribution in [3.05, 3.63) is 24.3 Å². The Morgan fingerprint density at radius 1 is 1.06 bits per heavy atom. The summed E-state index contributed by atoms with van der Waals surface area (Å²) in [5.74, 6) is -2.69. The maximum Gasteiger partial charge on any atom is 0.313 e. The van der Waals surface area contributed by atoms with Crippen molar-refractivity contribution in [3.8, 4) is 0 Å². The minimum atomic E-state index is -1.29. The van der Waals surface area contributed by atoms with Gasteiger partial charge in [-0.05, 0) is 45.4 Å². The number of aliphatic hydroxyl groups excluding tert-OH is 1. The van der Waals surface area contributed by atoms with Crippen LogP contribution in [0.5, 0.6) is 0 Å². The first-order chi connectivity index (χ1) is 16.3. The second-order valence-electron chi connectivity index (χ2n) is 12.4. The van der Waals surface area contributed by atoms with Crippen molar-refractivity contribution in [1.29, 1.82) is 0 Å². The zero-order chi connectivity index (χ0) is 25.8. The molecule has 194 valence electrons. The molecule has 0 aromatic heterocycles. The zero-order valence-corrected chi connectivity index (χ0v) is 21.9. The number of likely N-dealkylation sites (tertiary alicyclic amines) is 1. The third-order valence-electron chi connectivity index (χ3n) is 7.77. The van der Waals surface area contributed by atoms with E-state index in [0.29, 0.717) is 19.4 Å². The fraction of sp³-hybridized carbons (Fsp3) is 0.741. The molecule has 4 aliphatic rings. The quantitative estimate of drug-likeness (QED) is 0.472. The highest BCUT2D eigenvalue weighted by molar-refractivity contribution is 5.99. The van der Waals surface area contributed by atoms with Crippen LogP contribution in [0.1, 0.15) is 60.8 Å². The molecule has 1 N–H and O–H groups in total. The molecule has 8 heteroatoms. The van der Waals surface area contributed by atoms with Crippen molar-refractivity contribution in [2.24, 2.45) is 17.3 Å². The van der Waals surface area contributed by atoms with Gasteiger partial charge in [0.05, 0.1) is 18.1 Å². The number of carbonyl (C=O) groups excluding carboxylic acids is 3. The van der Waals surface area contributed by atoms with E-state index < -0.39 is 40.6 Å². The maximum absolute atomic E-state index is 14.4. The molecule has 2 amide bonds. The average Bonchev–Trinajstić information content (AvgIpc) is 3.03. The summed E-state index contributed by atoms with van der Waals surface area (Å²) in [5, 5.41) is 9.52. The van der Waals surface area contributed by atoms with Crippen LogP contribution < -0.4 is 0 Å². The lowest BCUT2D eigenvalue weighted by Gasteiger charge is -2.44. The van der Waals surface area contributed by atoms with Gasteiger partial charge < -0.3 is 24.4 Å². The number of esters is 1. The van der Waals surface area contributed by atoms with E-state index in [1.165, 1.54) is 4.90 Å². The molecule has 0 aromatic carbocycles. The van der Waals surface area contributed by atoms with Gasteiger partial charge in [-0.3, -0.25) is 14.4 Å². The van der Waals surface area contributed by atoms with Crippen molar-refractivity contribution in [3.63, 3.8) is 0 Å². The summed E-state index contributed by atoms with van der Waals surface area (Å²) in [5.41, 5.74) is -2.85. The van der Waals surface area contributed by atoms with Gasteiger partial charge in [-0.25, -0.2) is 0 Å². The van der Waals surface area contributed by atoms with E-state index in [2.05, 4.69) is 34.6 Å². The molecule has 8 nitrogen and oxygen atoms in total. The summed E-state index contributed by atoms with van der Waals surface area (Å²) >= 11 is 0. The summed E-state index contributed by atoms with van der Waals surface area (Å²) in [6.07, 6.45) is 9.21. The van der Waals surface area contributed by atoms with E-state index in [1.807, 2.05) is 29.2 Å². The molecular weight excluding hydrogens is 448 g/mol. The van der Waals surface area contributed by atoms with E-state index in [1.54, 1.807) is 6.92 Å². The van der Waals surface area contributed by atoms with Gasteiger partial charge in [0.1, 0.15) is 17.6 Å². The number of rotatable bonds is 5. The van der Waals surface area contributed by atoms with Gasteiger partial charge in [-0.2, -0.15) is 0 Å². The van der Waals surface area contributed by atoms with E-state index >= 15 is 0 Å². The van der Waals surface area contributed by atoms with E-state index in [4.69, 9.17) is 9.47 Å². The molecule has 4 aliphatic heterocycles. The predicted molar refractivity (Wildman–Crippen MR) is 130 cm³/mol. The molecule has 0 aliphatic carbocycles. The Morgan fingerprint density at radius 3 is 2.43 bits per heavy atom. The minimum absolute atomic E-state index is 0.0145. The Labute approximate surface area is 208 Å². The van der Waals surface area contributed by atoms with Gasteiger partial charge in [0.25, 0.3) is 0 Å². The molecule has 0 bridgehead atoms. The second-order valence-corrected chi connectivity index (χ2v) is 12.4. The summed E-state index contributed by atoms with van der Waals surface area (Å²) < 4.78 is 12.2. The number of hydrogen-bond donors (Lipinski definition) is 1. The average molecular weight is 489 g/mol. The molecule has 4 heterocycles. The van der Waals surface area contributed by atoms with Crippen LogP contribution >= 0.6 is 0 Å². The minimum Gasteiger partial charge on any atom is -0.465 e. The first kappa shape index (κ1) is 25.9. The monoisotopic (exact) mass is 488 g/mol. The Morgan fingerprint density at radius 2 is 1.77 bits per heavy atom.